The molecule has 1 aromatic carbocycles. The second-order valence-corrected chi connectivity index (χ2v) is 6.44. The molecular formula is C18H25N3O2. The highest BCUT2D eigenvalue weighted by atomic mass is 16.4. The molecule has 0 spiro atoms. The number of carbonyl (C=O) groups is 1. The molecule has 2 N–H and O–H groups in total. The van der Waals surface area contributed by atoms with Gasteiger partial charge in [-0.1, -0.05) is 19.1 Å². The molecule has 3 rings (SSSR count). The summed E-state index contributed by atoms with van der Waals surface area (Å²) < 4.78 is 2.30. The molecule has 0 aliphatic heterocycles. The standard InChI is InChI=1S/C18H25N3O2/c1-2-11-21-16-6-4-3-5-15(16)20-17(21)12-19-14-9-7-13(8-10-14)18(22)23/h3-6,13-14,19H,2,7-12H2,1H3,(H,22,23). The summed E-state index contributed by atoms with van der Waals surface area (Å²) in [5, 5.41) is 12.7. The highest BCUT2D eigenvalue weighted by molar-refractivity contribution is 5.75. The number of carboxylic acid groups (broad SMARTS) is 1. The second-order valence-electron chi connectivity index (χ2n) is 6.44. The van der Waals surface area contributed by atoms with Crippen molar-refractivity contribution in [2.45, 2.75) is 58.2 Å². The monoisotopic (exact) mass is 315 g/mol. The van der Waals surface area contributed by atoms with E-state index in [4.69, 9.17) is 10.1 Å². The number of hydrogen-bond acceptors (Lipinski definition) is 3. The summed E-state index contributed by atoms with van der Waals surface area (Å²) in [5.74, 6) is 0.277. The molecule has 1 saturated carbocycles. The van der Waals surface area contributed by atoms with E-state index < -0.39 is 5.97 Å². The number of aromatic nitrogens is 2. The first-order valence-corrected chi connectivity index (χ1v) is 8.59. The molecule has 1 aromatic heterocycles. The van der Waals surface area contributed by atoms with Gasteiger partial charge < -0.3 is 15.0 Å². The van der Waals surface area contributed by atoms with Crippen LogP contribution in [0.3, 0.4) is 0 Å². The average molecular weight is 315 g/mol. The Morgan fingerprint density at radius 3 is 2.74 bits per heavy atom. The van der Waals surface area contributed by atoms with Gasteiger partial charge in [-0.05, 0) is 44.2 Å². The molecule has 0 radical (unpaired) electrons. The van der Waals surface area contributed by atoms with E-state index in [1.807, 2.05) is 6.07 Å². The van der Waals surface area contributed by atoms with Crippen LogP contribution >= 0.6 is 0 Å². The molecule has 1 aliphatic carbocycles. The van der Waals surface area contributed by atoms with E-state index in [1.165, 1.54) is 5.52 Å². The number of benzene rings is 1. The number of fused-ring (bicyclic) bond motifs is 1. The van der Waals surface area contributed by atoms with Crippen LogP contribution in [-0.2, 0) is 17.9 Å². The zero-order chi connectivity index (χ0) is 16.2. The number of imidazole rings is 1. The van der Waals surface area contributed by atoms with Crippen molar-refractivity contribution >= 4 is 17.0 Å². The third-order valence-electron chi connectivity index (χ3n) is 4.81. The van der Waals surface area contributed by atoms with Crippen molar-refractivity contribution in [3.8, 4) is 0 Å². The van der Waals surface area contributed by atoms with Crippen LogP contribution in [0.1, 0.15) is 44.9 Å². The van der Waals surface area contributed by atoms with Crippen molar-refractivity contribution in [3.05, 3.63) is 30.1 Å². The van der Waals surface area contributed by atoms with Gasteiger partial charge in [0.05, 0.1) is 23.5 Å². The fourth-order valence-electron chi connectivity index (χ4n) is 3.51. The first-order valence-electron chi connectivity index (χ1n) is 8.59. The third-order valence-corrected chi connectivity index (χ3v) is 4.81. The van der Waals surface area contributed by atoms with Gasteiger partial charge in [-0.15, -0.1) is 0 Å². The summed E-state index contributed by atoms with van der Waals surface area (Å²) in [6.45, 7) is 3.90. The minimum absolute atomic E-state index is 0.155. The van der Waals surface area contributed by atoms with Gasteiger partial charge in [-0.2, -0.15) is 0 Å². The lowest BCUT2D eigenvalue weighted by molar-refractivity contribution is -0.142. The number of para-hydroxylation sites is 2. The molecule has 1 heterocycles. The predicted molar refractivity (Wildman–Crippen MR) is 90.2 cm³/mol. The molecule has 23 heavy (non-hydrogen) atoms. The van der Waals surface area contributed by atoms with Crippen LogP contribution in [0, 0.1) is 5.92 Å². The van der Waals surface area contributed by atoms with E-state index in [0.29, 0.717) is 6.04 Å². The van der Waals surface area contributed by atoms with E-state index in [2.05, 4.69) is 35.0 Å². The van der Waals surface area contributed by atoms with Crippen LogP contribution in [0.4, 0.5) is 0 Å². The van der Waals surface area contributed by atoms with Crippen molar-refractivity contribution in [2.24, 2.45) is 5.92 Å². The zero-order valence-electron chi connectivity index (χ0n) is 13.7. The summed E-state index contributed by atoms with van der Waals surface area (Å²) in [5.41, 5.74) is 2.24. The molecule has 2 aromatic rings. The molecule has 0 amide bonds. The zero-order valence-corrected chi connectivity index (χ0v) is 13.7. The fourth-order valence-corrected chi connectivity index (χ4v) is 3.51. The minimum Gasteiger partial charge on any atom is -0.481 e. The number of hydrogen-bond donors (Lipinski definition) is 2. The number of aryl methyl sites for hydroxylation is 1. The Bertz CT molecular complexity index is 672. The van der Waals surface area contributed by atoms with Gasteiger partial charge in [0.25, 0.3) is 0 Å². The molecule has 5 heteroatoms. The van der Waals surface area contributed by atoms with Crippen molar-refractivity contribution in [2.75, 3.05) is 0 Å². The lowest BCUT2D eigenvalue weighted by Crippen LogP contribution is -2.35. The molecule has 5 nitrogen and oxygen atoms in total. The minimum atomic E-state index is -0.645. The Labute approximate surface area is 136 Å². The quantitative estimate of drug-likeness (QED) is 0.859. The number of rotatable bonds is 6. The van der Waals surface area contributed by atoms with E-state index in [-0.39, 0.29) is 5.92 Å². The Hall–Kier alpha value is -1.88. The molecule has 1 aliphatic rings. The highest BCUT2D eigenvalue weighted by Crippen LogP contribution is 2.25. The van der Waals surface area contributed by atoms with Crippen molar-refractivity contribution in [3.63, 3.8) is 0 Å². The van der Waals surface area contributed by atoms with Crippen LogP contribution in [0.25, 0.3) is 11.0 Å². The van der Waals surface area contributed by atoms with Gasteiger partial charge in [0.1, 0.15) is 5.82 Å². The van der Waals surface area contributed by atoms with Gasteiger partial charge in [0.15, 0.2) is 0 Å². The maximum atomic E-state index is 11.0. The van der Waals surface area contributed by atoms with Crippen LogP contribution < -0.4 is 5.32 Å². The topological polar surface area (TPSA) is 67.2 Å². The first kappa shape index (κ1) is 16.0. The lowest BCUT2D eigenvalue weighted by atomic mass is 9.86. The predicted octanol–water partition coefficient (Wildman–Crippen LogP) is 3.18. The van der Waals surface area contributed by atoms with E-state index >= 15 is 0 Å². The van der Waals surface area contributed by atoms with Gasteiger partial charge in [-0.25, -0.2) is 4.98 Å². The fraction of sp³-hybridized carbons (Fsp3) is 0.556. The highest BCUT2D eigenvalue weighted by Gasteiger charge is 2.25. The molecular weight excluding hydrogens is 290 g/mol. The molecule has 0 bridgehead atoms. The molecule has 0 unspecified atom stereocenters. The summed E-state index contributed by atoms with van der Waals surface area (Å²) >= 11 is 0. The van der Waals surface area contributed by atoms with Crippen molar-refractivity contribution in [1.29, 1.82) is 0 Å². The molecule has 0 atom stereocenters. The molecule has 1 fully saturated rings. The van der Waals surface area contributed by atoms with Crippen LogP contribution in [0.15, 0.2) is 24.3 Å². The number of nitrogens with zero attached hydrogens (tertiary/aromatic N) is 2. The van der Waals surface area contributed by atoms with Crippen molar-refractivity contribution < 1.29 is 9.90 Å². The SMILES string of the molecule is CCCn1c(CNC2CCC(C(=O)O)CC2)nc2ccccc21. The maximum Gasteiger partial charge on any atom is 0.306 e. The summed E-state index contributed by atoms with van der Waals surface area (Å²) in [6.07, 6.45) is 4.50. The van der Waals surface area contributed by atoms with E-state index in [1.54, 1.807) is 0 Å². The van der Waals surface area contributed by atoms with Crippen LogP contribution in [-0.4, -0.2) is 26.7 Å². The lowest BCUT2D eigenvalue weighted by Gasteiger charge is -2.26. The van der Waals surface area contributed by atoms with Crippen molar-refractivity contribution in [1.82, 2.24) is 14.9 Å². The first-order chi connectivity index (χ1) is 11.2. The van der Waals surface area contributed by atoms with Gasteiger partial charge >= 0.3 is 5.97 Å². The summed E-state index contributed by atoms with van der Waals surface area (Å²) in [6, 6.07) is 8.67. The Balaban J connectivity index is 1.65. The summed E-state index contributed by atoms with van der Waals surface area (Å²) in [4.78, 5) is 15.8. The van der Waals surface area contributed by atoms with Crippen LogP contribution in [0.5, 0.6) is 0 Å². The molecule has 0 saturated heterocycles. The summed E-state index contributed by atoms with van der Waals surface area (Å²) in [7, 11) is 0. The Morgan fingerprint density at radius 1 is 1.30 bits per heavy atom. The second kappa shape index (κ2) is 7.13. The number of aliphatic carboxylic acids is 1. The maximum absolute atomic E-state index is 11.0. The Morgan fingerprint density at radius 2 is 2.04 bits per heavy atom. The Kier molecular flexibility index (Phi) is 4.96. The average Bonchev–Trinajstić information content (AvgIpc) is 2.92. The van der Waals surface area contributed by atoms with Gasteiger partial charge in [-0.3, -0.25) is 4.79 Å². The number of carboxylic acids is 1. The smallest absolute Gasteiger partial charge is 0.306 e. The van der Waals surface area contributed by atoms with E-state index in [9.17, 15) is 4.79 Å². The normalized spacial score (nSPS) is 21.6. The third kappa shape index (κ3) is 3.55. The van der Waals surface area contributed by atoms with Gasteiger partial charge in [0.2, 0.25) is 0 Å². The van der Waals surface area contributed by atoms with Crippen LogP contribution in [0.2, 0.25) is 0 Å². The van der Waals surface area contributed by atoms with E-state index in [0.717, 1.165) is 56.5 Å². The largest absolute Gasteiger partial charge is 0.481 e. The number of nitrogens with one attached hydrogen (secondary N) is 1. The molecule has 124 valence electrons. The van der Waals surface area contributed by atoms with Gasteiger partial charge in [0, 0.05) is 12.6 Å².